The molecule has 0 radical (unpaired) electrons. The summed E-state index contributed by atoms with van der Waals surface area (Å²) in [4.78, 5) is 18.1. The molecule has 0 saturated carbocycles. The third-order valence-electron chi connectivity index (χ3n) is 2.48. The Morgan fingerprint density at radius 1 is 1.47 bits per heavy atom. The number of aromatic nitrogens is 2. The molecule has 0 amide bonds. The minimum absolute atomic E-state index is 0.133. The van der Waals surface area contributed by atoms with Gasteiger partial charge in [0.05, 0.1) is 11.9 Å². The summed E-state index contributed by atoms with van der Waals surface area (Å²) in [5, 5.41) is 0. The number of hydrogen-bond donors (Lipinski definition) is 1. The van der Waals surface area contributed by atoms with Gasteiger partial charge in [0, 0.05) is 18.4 Å². The number of hydrogen-bond acceptors (Lipinski definition) is 2. The van der Waals surface area contributed by atoms with Crippen LogP contribution in [0.5, 0.6) is 0 Å². The zero-order chi connectivity index (χ0) is 12.3. The number of rotatable bonds is 4. The molecule has 1 aromatic carbocycles. The Hall–Kier alpha value is -1.97. The zero-order valence-corrected chi connectivity index (χ0v) is 9.53. The molecule has 0 unspecified atom stereocenters. The molecule has 2 rings (SSSR count). The third-order valence-corrected chi connectivity index (χ3v) is 2.48. The number of ketones is 1. The Morgan fingerprint density at radius 2 is 2.29 bits per heavy atom. The van der Waals surface area contributed by atoms with E-state index in [4.69, 9.17) is 0 Å². The maximum Gasteiger partial charge on any atom is 0.130 e. The number of aryl methyl sites for hydroxylation is 1. The number of nitrogens with one attached hydrogen (secondary N) is 1. The number of H-pyrrole nitrogens is 1. The van der Waals surface area contributed by atoms with Gasteiger partial charge in [0.1, 0.15) is 17.4 Å². The summed E-state index contributed by atoms with van der Waals surface area (Å²) in [6.45, 7) is 1.55. The second-order valence-corrected chi connectivity index (χ2v) is 3.96. The fourth-order valence-electron chi connectivity index (χ4n) is 1.59. The van der Waals surface area contributed by atoms with Gasteiger partial charge in [-0.15, -0.1) is 0 Å². The van der Waals surface area contributed by atoms with Crippen molar-refractivity contribution < 1.29 is 9.18 Å². The molecule has 0 aliphatic carbocycles. The molecule has 0 fully saturated rings. The topological polar surface area (TPSA) is 45.8 Å². The SMILES string of the molecule is CC(=O)CCc1ncc(-c2cccc(F)c2)[nH]1. The Labute approximate surface area is 98.7 Å². The molecule has 2 aromatic rings. The van der Waals surface area contributed by atoms with Crippen molar-refractivity contribution in [3.63, 3.8) is 0 Å². The molecule has 0 spiro atoms. The van der Waals surface area contributed by atoms with Crippen molar-refractivity contribution in [2.75, 3.05) is 0 Å². The summed E-state index contributed by atoms with van der Waals surface area (Å²) in [6, 6.07) is 6.31. The third kappa shape index (κ3) is 3.00. The molecule has 0 bridgehead atoms. The summed E-state index contributed by atoms with van der Waals surface area (Å²) in [6.07, 6.45) is 2.71. The highest BCUT2D eigenvalue weighted by molar-refractivity contribution is 5.75. The van der Waals surface area contributed by atoms with Gasteiger partial charge in [-0.3, -0.25) is 0 Å². The maximum absolute atomic E-state index is 13.0. The Bertz CT molecular complexity index is 534. The second-order valence-electron chi connectivity index (χ2n) is 3.96. The highest BCUT2D eigenvalue weighted by atomic mass is 19.1. The van der Waals surface area contributed by atoms with Crippen LogP contribution in [-0.2, 0) is 11.2 Å². The van der Waals surface area contributed by atoms with Crippen molar-refractivity contribution in [1.29, 1.82) is 0 Å². The minimum atomic E-state index is -0.276. The number of carbonyl (C=O) groups is 1. The van der Waals surface area contributed by atoms with Gasteiger partial charge in [0.15, 0.2) is 0 Å². The minimum Gasteiger partial charge on any atom is -0.342 e. The molecule has 4 heteroatoms. The maximum atomic E-state index is 13.0. The molecule has 0 aliphatic rings. The van der Waals surface area contributed by atoms with Crippen LogP contribution in [0.4, 0.5) is 4.39 Å². The lowest BCUT2D eigenvalue weighted by atomic mass is 10.2. The Balaban J connectivity index is 2.15. The quantitative estimate of drug-likeness (QED) is 0.881. The number of imidazole rings is 1. The van der Waals surface area contributed by atoms with Crippen LogP contribution in [0, 0.1) is 5.82 Å². The van der Waals surface area contributed by atoms with E-state index in [-0.39, 0.29) is 11.6 Å². The van der Waals surface area contributed by atoms with E-state index < -0.39 is 0 Å². The fourth-order valence-corrected chi connectivity index (χ4v) is 1.59. The predicted molar refractivity (Wildman–Crippen MR) is 63.0 cm³/mol. The van der Waals surface area contributed by atoms with Gasteiger partial charge in [-0.1, -0.05) is 12.1 Å². The normalized spacial score (nSPS) is 10.5. The largest absolute Gasteiger partial charge is 0.342 e. The van der Waals surface area contributed by atoms with Gasteiger partial charge in [-0.05, 0) is 19.1 Å². The summed E-state index contributed by atoms with van der Waals surface area (Å²) >= 11 is 0. The lowest BCUT2D eigenvalue weighted by molar-refractivity contribution is -0.117. The second kappa shape index (κ2) is 4.91. The van der Waals surface area contributed by atoms with Crippen LogP contribution >= 0.6 is 0 Å². The van der Waals surface area contributed by atoms with E-state index >= 15 is 0 Å². The molecule has 88 valence electrons. The molecule has 0 saturated heterocycles. The van der Waals surface area contributed by atoms with Crippen LogP contribution in [-0.4, -0.2) is 15.8 Å². The van der Waals surface area contributed by atoms with Crippen LogP contribution in [0.3, 0.4) is 0 Å². The Morgan fingerprint density at radius 3 is 3.00 bits per heavy atom. The van der Waals surface area contributed by atoms with Crippen LogP contribution in [0.25, 0.3) is 11.3 Å². The Kier molecular flexibility index (Phi) is 3.32. The van der Waals surface area contributed by atoms with Gasteiger partial charge in [0.2, 0.25) is 0 Å². The average molecular weight is 232 g/mol. The lowest BCUT2D eigenvalue weighted by Gasteiger charge is -1.97. The summed E-state index contributed by atoms with van der Waals surface area (Å²) in [5.74, 6) is 0.607. The molecule has 17 heavy (non-hydrogen) atoms. The summed E-state index contributed by atoms with van der Waals surface area (Å²) in [5.41, 5.74) is 1.52. The van der Waals surface area contributed by atoms with Crippen molar-refractivity contribution in [1.82, 2.24) is 9.97 Å². The van der Waals surface area contributed by atoms with Crippen LogP contribution < -0.4 is 0 Å². The van der Waals surface area contributed by atoms with E-state index in [0.29, 0.717) is 12.8 Å². The van der Waals surface area contributed by atoms with E-state index in [0.717, 1.165) is 17.1 Å². The van der Waals surface area contributed by atoms with E-state index in [1.165, 1.54) is 12.1 Å². The first-order chi connectivity index (χ1) is 8.15. The van der Waals surface area contributed by atoms with Crippen molar-refractivity contribution in [3.8, 4) is 11.3 Å². The number of carbonyl (C=O) groups excluding carboxylic acids is 1. The molecule has 1 heterocycles. The first-order valence-electron chi connectivity index (χ1n) is 5.44. The highest BCUT2D eigenvalue weighted by Crippen LogP contribution is 2.18. The number of nitrogens with zero attached hydrogens (tertiary/aromatic N) is 1. The predicted octanol–water partition coefficient (Wildman–Crippen LogP) is 2.74. The van der Waals surface area contributed by atoms with Crippen LogP contribution in [0.2, 0.25) is 0 Å². The van der Waals surface area contributed by atoms with Gasteiger partial charge < -0.3 is 9.78 Å². The number of benzene rings is 1. The first-order valence-corrected chi connectivity index (χ1v) is 5.44. The first kappa shape index (κ1) is 11.5. The molecule has 1 aromatic heterocycles. The van der Waals surface area contributed by atoms with Crippen molar-refractivity contribution in [3.05, 3.63) is 42.1 Å². The highest BCUT2D eigenvalue weighted by Gasteiger charge is 2.05. The van der Waals surface area contributed by atoms with Gasteiger partial charge in [0.25, 0.3) is 0 Å². The summed E-state index contributed by atoms with van der Waals surface area (Å²) < 4.78 is 13.0. The molecule has 1 N–H and O–H groups in total. The summed E-state index contributed by atoms with van der Waals surface area (Å²) in [7, 11) is 0. The molecule has 0 aliphatic heterocycles. The van der Waals surface area contributed by atoms with E-state index in [1.807, 2.05) is 6.07 Å². The van der Waals surface area contributed by atoms with Crippen LogP contribution in [0.1, 0.15) is 19.2 Å². The van der Waals surface area contributed by atoms with Crippen molar-refractivity contribution in [2.24, 2.45) is 0 Å². The number of halogens is 1. The molecular formula is C13H13FN2O. The van der Waals surface area contributed by atoms with E-state index in [1.54, 1.807) is 19.2 Å². The lowest BCUT2D eigenvalue weighted by Crippen LogP contribution is -1.95. The monoisotopic (exact) mass is 232 g/mol. The van der Waals surface area contributed by atoms with Crippen molar-refractivity contribution >= 4 is 5.78 Å². The average Bonchev–Trinajstić information content (AvgIpc) is 2.75. The van der Waals surface area contributed by atoms with E-state index in [9.17, 15) is 9.18 Å². The molecule has 0 atom stereocenters. The zero-order valence-electron chi connectivity index (χ0n) is 9.53. The molecule has 3 nitrogen and oxygen atoms in total. The van der Waals surface area contributed by atoms with Crippen molar-refractivity contribution in [2.45, 2.75) is 19.8 Å². The smallest absolute Gasteiger partial charge is 0.130 e. The number of aromatic amines is 1. The van der Waals surface area contributed by atoms with Gasteiger partial charge >= 0.3 is 0 Å². The standard InChI is InChI=1S/C13H13FN2O/c1-9(17)5-6-13-15-8-12(16-13)10-3-2-4-11(14)7-10/h2-4,7-8H,5-6H2,1H3,(H,15,16). The van der Waals surface area contributed by atoms with Crippen LogP contribution in [0.15, 0.2) is 30.5 Å². The number of Topliss-reactive ketones (excluding diaryl/α,β-unsaturated/α-hetero) is 1. The van der Waals surface area contributed by atoms with Gasteiger partial charge in [-0.2, -0.15) is 0 Å². The van der Waals surface area contributed by atoms with E-state index in [2.05, 4.69) is 9.97 Å². The van der Waals surface area contributed by atoms with Gasteiger partial charge in [-0.25, -0.2) is 9.37 Å². The molecular weight excluding hydrogens is 219 g/mol. The fraction of sp³-hybridized carbons (Fsp3) is 0.231.